The van der Waals surface area contributed by atoms with Crippen molar-refractivity contribution in [2.45, 2.75) is 32.3 Å². The Morgan fingerprint density at radius 3 is 2.28 bits per heavy atom. The molecule has 0 aliphatic heterocycles. The molecule has 0 aromatic heterocycles. The highest BCUT2D eigenvalue weighted by Gasteiger charge is 2.19. The van der Waals surface area contributed by atoms with Gasteiger partial charge in [0.05, 0.1) is 0 Å². The van der Waals surface area contributed by atoms with Crippen LogP contribution in [0, 0.1) is 0 Å². The van der Waals surface area contributed by atoms with E-state index in [2.05, 4.69) is 19.2 Å². The Kier molecular flexibility index (Phi) is 6.71. The molecule has 0 bridgehead atoms. The lowest BCUT2D eigenvalue weighted by Crippen LogP contribution is -2.23. The Morgan fingerprint density at radius 1 is 1.04 bits per heavy atom. The summed E-state index contributed by atoms with van der Waals surface area (Å²) in [5.74, 6) is -0.844. The van der Waals surface area contributed by atoms with Crippen molar-refractivity contribution in [1.29, 1.82) is 0 Å². The summed E-state index contributed by atoms with van der Waals surface area (Å²) in [6, 6.07) is 16.0. The van der Waals surface area contributed by atoms with Gasteiger partial charge < -0.3 is 15.2 Å². The van der Waals surface area contributed by atoms with Gasteiger partial charge in [-0.3, -0.25) is 4.79 Å². The molecule has 2 aromatic rings. The van der Waals surface area contributed by atoms with Crippen LogP contribution < -0.4 is 5.32 Å². The second kappa shape index (κ2) is 8.99. The molecule has 5 heteroatoms. The first kappa shape index (κ1) is 18.7. The summed E-state index contributed by atoms with van der Waals surface area (Å²) in [4.78, 5) is 23.7. The van der Waals surface area contributed by atoms with E-state index >= 15 is 0 Å². The summed E-state index contributed by atoms with van der Waals surface area (Å²) >= 11 is 0. The Morgan fingerprint density at radius 2 is 1.68 bits per heavy atom. The molecule has 0 fully saturated rings. The maximum atomic E-state index is 11.9. The summed E-state index contributed by atoms with van der Waals surface area (Å²) in [6.07, 6.45) is -0.352. The predicted octanol–water partition coefficient (Wildman–Crippen LogP) is 3.42. The molecule has 2 N–H and O–H groups in total. The van der Waals surface area contributed by atoms with Crippen LogP contribution in [0.15, 0.2) is 54.6 Å². The van der Waals surface area contributed by atoms with Crippen LogP contribution in [-0.4, -0.2) is 23.6 Å². The molecule has 0 unspecified atom stereocenters. The summed E-state index contributed by atoms with van der Waals surface area (Å²) in [7, 11) is 0. The lowest BCUT2D eigenvalue weighted by molar-refractivity contribution is -0.156. The predicted molar refractivity (Wildman–Crippen MR) is 96.1 cm³/mol. The zero-order chi connectivity index (χ0) is 18.2. The summed E-state index contributed by atoms with van der Waals surface area (Å²) in [5.41, 5.74) is 2.27. The molecule has 1 amide bonds. The molecule has 0 aliphatic rings. The summed E-state index contributed by atoms with van der Waals surface area (Å²) in [5, 5.41) is 12.6. The van der Waals surface area contributed by atoms with E-state index in [1.165, 1.54) is 5.56 Å². The fourth-order valence-corrected chi connectivity index (χ4v) is 2.31. The number of nitrogens with one attached hydrogen (secondary N) is 1. The molecular formula is C20H23NO4. The minimum absolute atomic E-state index is 0.425. The van der Waals surface area contributed by atoms with Crippen molar-refractivity contribution in [2.75, 3.05) is 11.9 Å². The van der Waals surface area contributed by atoms with Crippen molar-refractivity contribution < 1.29 is 19.4 Å². The van der Waals surface area contributed by atoms with Gasteiger partial charge in [0, 0.05) is 5.69 Å². The lowest BCUT2D eigenvalue weighted by Gasteiger charge is -2.12. The molecule has 5 nitrogen and oxygen atoms in total. The molecule has 2 rings (SSSR count). The number of carbonyl (C=O) groups is 2. The number of ether oxygens (including phenoxy) is 1. The first-order valence-electron chi connectivity index (χ1n) is 8.30. The van der Waals surface area contributed by atoms with Crippen molar-refractivity contribution in [3.8, 4) is 0 Å². The quantitative estimate of drug-likeness (QED) is 0.757. The van der Waals surface area contributed by atoms with Gasteiger partial charge in [-0.2, -0.15) is 0 Å². The van der Waals surface area contributed by atoms with Crippen LogP contribution >= 0.6 is 0 Å². The van der Waals surface area contributed by atoms with Gasteiger partial charge in [0.25, 0.3) is 5.91 Å². The smallest absolute Gasteiger partial charge is 0.340 e. The Labute approximate surface area is 147 Å². The number of aliphatic hydroxyl groups is 1. The molecule has 2 aromatic carbocycles. The van der Waals surface area contributed by atoms with Crippen molar-refractivity contribution in [1.82, 2.24) is 0 Å². The van der Waals surface area contributed by atoms with E-state index in [9.17, 15) is 14.7 Å². The fourth-order valence-electron chi connectivity index (χ4n) is 2.31. The van der Waals surface area contributed by atoms with Crippen LogP contribution in [-0.2, 0) is 14.3 Å². The molecule has 0 radical (unpaired) electrons. The van der Waals surface area contributed by atoms with Gasteiger partial charge in [-0.05, 0) is 35.6 Å². The maximum Gasteiger partial charge on any atom is 0.340 e. The molecule has 0 spiro atoms. The van der Waals surface area contributed by atoms with Crippen molar-refractivity contribution in [2.24, 2.45) is 0 Å². The Hall–Kier alpha value is -2.66. The molecule has 25 heavy (non-hydrogen) atoms. The van der Waals surface area contributed by atoms with Gasteiger partial charge in [-0.1, -0.05) is 56.3 Å². The van der Waals surface area contributed by atoms with Crippen molar-refractivity contribution in [3.63, 3.8) is 0 Å². The second-order valence-corrected chi connectivity index (χ2v) is 5.90. The summed E-state index contributed by atoms with van der Waals surface area (Å²) in [6.45, 7) is 3.82. The molecule has 0 saturated carbocycles. The standard InChI is InChI=1S/C20H23NO4/c1-3-14(2)15-9-11-17(12-10-15)21-18(22)13-25-20(24)19(23)16-7-5-4-6-8-16/h4-12,14,19,23H,3,13H2,1-2H3,(H,21,22)/t14-,19-/m0/s1. The van der Waals surface area contributed by atoms with Crippen LogP contribution in [0.1, 0.15) is 43.4 Å². The topological polar surface area (TPSA) is 75.6 Å². The van der Waals surface area contributed by atoms with Crippen LogP contribution in [0.25, 0.3) is 0 Å². The molecular weight excluding hydrogens is 318 g/mol. The number of carbonyl (C=O) groups excluding carboxylic acids is 2. The summed E-state index contributed by atoms with van der Waals surface area (Å²) < 4.78 is 4.87. The average Bonchev–Trinajstić information content (AvgIpc) is 2.66. The number of aliphatic hydroxyl groups excluding tert-OH is 1. The van der Waals surface area contributed by atoms with Crippen molar-refractivity contribution in [3.05, 3.63) is 65.7 Å². The Balaban J connectivity index is 1.83. The van der Waals surface area contributed by atoms with E-state index in [4.69, 9.17) is 4.74 Å². The van der Waals surface area contributed by atoms with Crippen LogP contribution in [0.4, 0.5) is 5.69 Å². The molecule has 0 aliphatic carbocycles. The number of amides is 1. The second-order valence-electron chi connectivity index (χ2n) is 5.90. The molecule has 0 heterocycles. The maximum absolute atomic E-state index is 11.9. The largest absolute Gasteiger partial charge is 0.453 e. The van der Waals surface area contributed by atoms with Gasteiger partial charge in [0.1, 0.15) is 0 Å². The van der Waals surface area contributed by atoms with Gasteiger partial charge in [-0.15, -0.1) is 0 Å². The fraction of sp³-hybridized carbons (Fsp3) is 0.300. The number of hydrogen-bond acceptors (Lipinski definition) is 4. The van der Waals surface area contributed by atoms with Gasteiger partial charge in [0.15, 0.2) is 12.7 Å². The first-order valence-corrected chi connectivity index (χ1v) is 8.30. The zero-order valence-electron chi connectivity index (χ0n) is 14.4. The highest BCUT2D eigenvalue weighted by atomic mass is 16.5. The van der Waals surface area contributed by atoms with Crippen LogP contribution in [0.3, 0.4) is 0 Å². The highest BCUT2D eigenvalue weighted by Crippen LogP contribution is 2.20. The van der Waals surface area contributed by atoms with E-state index in [0.29, 0.717) is 17.2 Å². The first-order chi connectivity index (χ1) is 12.0. The molecule has 0 saturated heterocycles. The lowest BCUT2D eigenvalue weighted by atomic mass is 9.99. The minimum atomic E-state index is -1.40. The number of rotatable bonds is 7. The average molecular weight is 341 g/mol. The van der Waals surface area contributed by atoms with E-state index in [1.807, 2.05) is 24.3 Å². The van der Waals surface area contributed by atoms with Crippen LogP contribution in [0.5, 0.6) is 0 Å². The SMILES string of the molecule is CC[C@H](C)c1ccc(NC(=O)COC(=O)[C@@H](O)c2ccccc2)cc1. The normalized spacial score (nSPS) is 12.9. The third-order valence-corrected chi connectivity index (χ3v) is 4.06. The molecule has 132 valence electrons. The third kappa shape index (κ3) is 5.43. The number of benzene rings is 2. The van der Waals surface area contributed by atoms with Gasteiger partial charge in [-0.25, -0.2) is 4.79 Å². The number of esters is 1. The van der Waals surface area contributed by atoms with Gasteiger partial charge in [0.2, 0.25) is 0 Å². The van der Waals surface area contributed by atoms with E-state index in [-0.39, 0.29) is 0 Å². The zero-order valence-corrected chi connectivity index (χ0v) is 14.4. The van der Waals surface area contributed by atoms with E-state index in [0.717, 1.165) is 6.42 Å². The molecule has 2 atom stereocenters. The third-order valence-electron chi connectivity index (χ3n) is 4.06. The van der Waals surface area contributed by atoms with Crippen molar-refractivity contribution >= 4 is 17.6 Å². The monoisotopic (exact) mass is 341 g/mol. The highest BCUT2D eigenvalue weighted by molar-refractivity contribution is 5.93. The Bertz CT molecular complexity index is 697. The number of hydrogen-bond donors (Lipinski definition) is 2. The van der Waals surface area contributed by atoms with Crippen LogP contribution in [0.2, 0.25) is 0 Å². The number of anilines is 1. The van der Waals surface area contributed by atoms with Gasteiger partial charge >= 0.3 is 5.97 Å². The van der Waals surface area contributed by atoms with E-state index in [1.54, 1.807) is 30.3 Å². The van der Waals surface area contributed by atoms with E-state index < -0.39 is 24.6 Å². The minimum Gasteiger partial charge on any atom is -0.453 e.